The van der Waals surface area contributed by atoms with Crippen LogP contribution in [0.25, 0.3) is 0 Å². The van der Waals surface area contributed by atoms with E-state index < -0.39 is 6.29 Å². The molecule has 1 aromatic carbocycles. The minimum atomic E-state index is -0.500. The van der Waals surface area contributed by atoms with Crippen LogP contribution >= 0.6 is 0 Å². The van der Waals surface area contributed by atoms with Crippen molar-refractivity contribution in [1.29, 1.82) is 0 Å². The van der Waals surface area contributed by atoms with Crippen molar-refractivity contribution in [2.75, 3.05) is 10.6 Å². The summed E-state index contributed by atoms with van der Waals surface area (Å²) in [7, 11) is 0. The van der Waals surface area contributed by atoms with Gasteiger partial charge < -0.3 is 10.6 Å². The molecule has 0 saturated carbocycles. The number of nitrogens with one attached hydrogen (secondary N) is 4. The van der Waals surface area contributed by atoms with E-state index in [4.69, 9.17) is 0 Å². The molecule has 0 bridgehead atoms. The van der Waals surface area contributed by atoms with E-state index in [1.165, 1.54) is 0 Å². The van der Waals surface area contributed by atoms with Gasteiger partial charge in [0.2, 0.25) is 5.91 Å². The number of nitrogens with zero attached hydrogens (tertiary/aromatic N) is 2. The van der Waals surface area contributed by atoms with Crippen molar-refractivity contribution in [1.82, 2.24) is 20.4 Å². The third-order valence-electron chi connectivity index (χ3n) is 3.89. The van der Waals surface area contributed by atoms with Gasteiger partial charge in [-0.3, -0.25) is 15.4 Å². The lowest BCUT2D eigenvalue weighted by molar-refractivity contribution is -0.125. The highest BCUT2D eigenvalue weighted by Gasteiger charge is 2.26. The van der Waals surface area contributed by atoms with E-state index in [1.807, 2.05) is 45.0 Å². The second kappa shape index (κ2) is 6.94. The van der Waals surface area contributed by atoms with Gasteiger partial charge in [-0.1, -0.05) is 17.7 Å². The van der Waals surface area contributed by atoms with Gasteiger partial charge in [-0.15, -0.1) is 0 Å². The van der Waals surface area contributed by atoms with E-state index in [-0.39, 0.29) is 18.0 Å². The third kappa shape index (κ3) is 4.16. The Morgan fingerprint density at radius 3 is 2.64 bits per heavy atom. The number of hydrogen-bond donors (Lipinski definition) is 4. The Labute approximate surface area is 146 Å². The van der Waals surface area contributed by atoms with Gasteiger partial charge >= 0.3 is 6.03 Å². The van der Waals surface area contributed by atoms with Gasteiger partial charge in [-0.25, -0.2) is 9.48 Å². The Morgan fingerprint density at radius 1 is 1.24 bits per heavy atom. The molecule has 132 valence electrons. The first kappa shape index (κ1) is 17.0. The van der Waals surface area contributed by atoms with Crippen LogP contribution in [0.3, 0.4) is 0 Å². The van der Waals surface area contributed by atoms with E-state index in [0.717, 1.165) is 11.3 Å². The van der Waals surface area contributed by atoms with Crippen LogP contribution in [-0.2, 0) is 4.79 Å². The van der Waals surface area contributed by atoms with Gasteiger partial charge in [-0.05, 0) is 32.9 Å². The number of aryl methyl sites for hydroxylation is 2. The highest BCUT2D eigenvalue weighted by Crippen LogP contribution is 2.17. The van der Waals surface area contributed by atoms with E-state index in [9.17, 15) is 9.59 Å². The fourth-order valence-electron chi connectivity index (χ4n) is 2.71. The lowest BCUT2D eigenvalue weighted by Gasteiger charge is -2.30. The molecule has 2 atom stereocenters. The molecule has 1 aliphatic rings. The maximum Gasteiger partial charge on any atom is 0.324 e. The number of hydrogen-bond acceptors (Lipinski definition) is 4. The van der Waals surface area contributed by atoms with Crippen LogP contribution in [0.1, 0.15) is 30.9 Å². The number of carbonyl (C=O) groups is 2. The fourth-order valence-corrected chi connectivity index (χ4v) is 2.71. The molecule has 1 fully saturated rings. The van der Waals surface area contributed by atoms with E-state index >= 15 is 0 Å². The zero-order valence-electron chi connectivity index (χ0n) is 14.5. The molecule has 1 aromatic heterocycles. The van der Waals surface area contributed by atoms with E-state index in [1.54, 1.807) is 10.7 Å². The summed E-state index contributed by atoms with van der Waals surface area (Å²) < 4.78 is 1.57. The summed E-state index contributed by atoms with van der Waals surface area (Å²) in [6, 6.07) is 8.92. The SMILES string of the molecule is Cc1ccc(NC(=O)Nc2cc(C)nn2C2NC(=O)CC(C)N2)cc1. The van der Waals surface area contributed by atoms with Crippen molar-refractivity contribution < 1.29 is 9.59 Å². The zero-order chi connectivity index (χ0) is 18.0. The average Bonchev–Trinajstić information content (AvgIpc) is 2.89. The number of amides is 3. The first-order valence-corrected chi connectivity index (χ1v) is 8.17. The predicted octanol–water partition coefficient (Wildman–Crippen LogP) is 2.10. The van der Waals surface area contributed by atoms with Crippen LogP contribution in [0.4, 0.5) is 16.3 Å². The molecule has 0 aliphatic carbocycles. The van der Waals surface area contributed by atoms with Crippen molar-refractivity contribution >= 4 is 23.4 Å². The Bertz CT molecular complexity index is 783. The van der Waals surface area contributed by atoms with Gasteiger partial charge in [0.05, 0.1) is 5.69 Å². The Hall–Kier alpha value is -2.87. The molecule has 4 N–H and O–H groups in total. The minimum Gasteiger partial charge on any atom is -0.322 e. The molecule has 1 saturated heterocycles. The summed E-state index contributed by atoms with van der Waals surface area (Å²) in [5.41, 5.74) is 2.55. The Morgan fingerprint density at radius 2 is 1.96 bits per heavy atom. The van der Waals surface area contributed by atoms with Crippen LogP contribution in [-0.4, -0.2) is 27.8 Å². The monoisotopic (exact) mass is 342 g/mol. The fraction of sp³-hybridized carbons (Fsp3) is 0.353. The lowest BCUT2D eigenvalue weighted by atomic mass is 10.2. The molecule has 2 aromatic rings. The molecular weight excluding hydrogens is 320 g/mol. The van der Waals surface area contributed by atoms with Crippen LogP contribution in [0.5, 0.6) is 0 Å². The number of rotatable bonds is 3. The van der Waals surface area contributed by atoms with Gasteiger partial charge in [0, 0.05) is 24.2 Å². The average molecular weight is 342 g/mol. The highest BCUT2D eigenvalue weighted by atomic mass is 16.2. The van der Waals surface area contributed by atoms with Crippen molar-refractivity contribution in [2.24, 2.45) is 0 Å². The van der Waals surface area contributed by atoms with Crippen LogP contribution < -0.4 is 21.3 Å². The molecule has 25 heavy (non-hydrogen) atoms. The number of anilines is 2. The van der Waals surface area contributed by atoms with E-state index in [0.29, 0.717) is 17.9 Å². The largest absolute Gasteiger partial charge is 0.324 e. The Kier molecular flexibility index (Phi) is 4.71. The molecule has 8 heteroatoms. The second-order valence-electron chi connectivity index (χ2n) is 6.30. The third-order valence-corrected chi connectivity index (χ3v) is 3.89. The van der Waals surface area contributed by atoms with Gasteiger partial charge in [0.1, 0.15) is 5.82 Å². The smallest absolute Gasteiger partial charge is 0.322 e. The number of aromatic nitrogens is 2. The number of carbonyl (C=O) groups excluding carboxylic acids is 2. The molecule has 2 unspecified atom stereocenters. The first-order valence-electron chi connectivity index (χ1n) is 8.17. The summed E-state index contributed by atoms with van der Waals surface area (Å²) in [6.45, 7) is 5.74. The molecule has 3 amide bonds. The molecule has 3 rings (SSSR count). The molecule has 2 heterocycles. The topological polar surface area (TPSA) is 100 Å². The number of urea groups is 1. The summed E-state index contributed by atoms with van der Waals surface area (Å²) >= 11 is 0. The molecule has 0 radical (unpaired) electrons. The maximum absolute atomic E-state index is 12.3. The van der Waals surface area contributed by atoms with E-state index in [2.05, 4.69) is 26.4 Å². The van der Waals surface area contributed by atoms with Gasteiger partial charge in [-0.2, -0.15) is 5.10 Å². The maximum atomic E-state index is 12.3. The quantitative estimate of drug-likeness (QED) is 0.686. The molecule has 0 spiro atoms. The lowest BCUT2D eigenvalue weighted by Crippen LogP contribution is -2.52. The van der Waals surface area contributed by atoms with Gasteiger partial charge in [0.15, 0.2) is 6.29 Å². The van der Waals surface area contributed by atoms with Crippen LogP contribution in [0, 0.1) is 13.8 Å². The highest BCUT2D eigenvalue weighted by molar-refractivity contribution is 5.99. The van der Waals surface area contributed by atoms with Crippen molar-refractivity contribution in [3.63, 3.8) is 0 Å². The summed E-state index contributed by atoms with van der Waals surface area (Å²) in [6.07, 6.45) is -0.0902. The standard InChI is InChI=1S/C17H22N6O2/c1-10-4-6-13(7-5-10)19-17(25)20-14-8-12(3)22-23(14)16-18-11(2)9-15(24)21-16/h4-8,11,16,18H,9H2,1-3H3,(H,21,24)(H2,19,20,25). The van der Waals surface area contributed by atoms with Crippen molar-refractivity contribution in [3.05, 3.63) is 41.6 Å². The summed E-state index contributed by atoms with van der Waals surface area (Å²) in [4.78, 5) is 24.0. The van der Waals surface area contributed by atoms with Crippen molar-refractivity contribution in [3.8, 4) is 0 Å². The molecule has 8 nitrogen and oxygen atoms in total. The zero-order valence-corrected chi connectivity index (χ0v) is 14.5. The predicted molar refractivity (Wildman–Crippen MR) is 95.2 cm³/mol. The van der Waals surface area contributed by atoms with Crippen LogP contribution in [0.2, 0.25) is 0 Å². The minimum absolute atomic E-state index is 0.0255. The summed E-state index contributed by atoms with van der Waals surface area (Å²) in [5, 5.41) is 16.0. The summed E-state index contributed by atoms with van der Waals surface area (Å²) in [5.74, 6) is 0.438. The normalized spacial score (nSPS) is 20.0. The number of benzene rings is 1. The van der Waals surface area contributed by atoms with Crippen LogP contribution in [0.15, 0.2) is 30.3 Å². The van der Waals surface area contributed by atoms with Crippen molar-refractivity contribution in [2.45, 2.75) is 39.5 Å². The van der Waals surface area contributed by atoms with Gasteiger partial charge in [0.25, 0.3) is 0 Å². The first-order chi connectivity index (χ1) is 11.9. The molecular formula is C17H22N6O2. The molecule has 1 aliphatic heterocycles. The second-order valence-corrected chi connectivity index (χ2v) is 6.30. The Balaban J connectivity index is 1.73.